The average molecular weight is 286 g/mol. The SMILES string of the molecule is Cc1ccc(C(C(C)N)N(C)CCCc2ccccc2)o1. The van der Waals surface area contributed by atoms with Gasteiger partial charge in [-0.3, -0.25) is 4.90 Å². The van der Waals surface area contributed by atoms with E-state index < -0.39 is 0 Å². The molecule has 1 aromatic heterocycles. The summed E-state index contributed by atoms with van der Waals surface area (Å²) in [5.41, 5.74) is 7.55. The van der Waals surface area contributed by atoms with Crippen LogP contribution in [0.15, 0.2) is 46.9 Å². The highest BCUT2D eigenvalue weighted by Crippen LogP contribution is 2.24. The molecule has 0 saturated heterocycles. The minimum Gasteiger partial charge on any atom is -0.465 e. The van der Waals surface area contributed by atoms with E-state index in [9.17, 15) is 0 Å². The van der Waals surface area contributed by atoms with Gasteiger partial charge in [-0.2, -0.15) is 0 Å². The lowest BCUT2D eigenvalue weighted by Crippen LogP contribution is -2.37. The molecule has 2 unspecified atom stereocenters. The number of hydrogen-bond donors (Lipinski definition) is 1. The number of nitrogens with zero attached hydrogens (tertiary/aromatic N) is 1. The molecule has 1 heterocycles. The summed E-state index contributed by atoms with van der Waals surface area (Å²) in [5, 5.41) is 0. The zero-order valence-electron chi connectivity index (χ0n) is 13.3. The molecule has 0 aliphatic rings. The fourth-order valence-corrected chi connectivity index (χ4v) is 2.81. The molecular weight excluding hydrogens is 260 g/mol. The summed E-state index contributed by atoms with van der Waals surface area (Å²) in [6.07, 6.45) is 2.21. The fourth-order valence-electron chi connectivity index (χ4n) is 2.81. The first-order chi connectivity index (χ1) is 10.1. The van der Waals surface area contributed by atoms with Gasteiger partial charge >= 0.3 is 0 Å². The van der Waals surface area contributed by atoms with Crippen molar-refractivity contribution in [1.82, 2.24) is 4.90 Å². The smallest absolute Gasteiger partial charge is 0.122 e. The molecule has 0 bridgehead atoms. The molecule has 1 aromatic carbocycles. The molecule has 2 N–H and O–H groups in total. The summed E-state index contributed by atoms with van der Waals surface area (Å²) in [5.74, 6) is 1.90. The quantitative estimate of drug-likeness (QED) is 0.846. The topological polar surface area (TPSA) is 42.4 Å². The monoisotopic (exact) mass is 286 g/mol. The third-order valence-corrected chi connectivity index (χ3v) is 3.84. The van der Waals surface area contributed by atoms with E-state index in [1.54, 1.807) is 0 Å². The molecule has 0 aliphatic heterocycles. The zero-order valence-corrected chi connectivity index (χ0v) is 13.3. The van der Waals surface area contributed by atoms with Crippen molar-refractivity contribution in [2.24, 2.45) is 5.73 Å². The summed E-state index contributed by atoms with van der Waals surface area (Å²) in [6, 6.07) is 14.8. The Hall–Kier alpha value is -1.58. The van der Waals surface area contributed by atoms with Gasteiger partial charge in [0, 0.05) is 6.04 Å². The van der Waals surface area contributed by atoms with Gasteiger partial charge in [-0.25, -0.2) is 0 Å². The number of rotatable bonds is 7. The van der Waals surface area contributed by atoms with Crippen LogP contribution in [0.5, 0.6) is 0 Å². The standard InChI is InChI=1S/C18H26N2O/c1-14-11-12-17(21-14)18(15(2)19)20(3)13-7-10-16-8-5-4-6-9-16/h4-6,8-9,11-12,15,18H,7,10,13,19H2,1-3H3. The minimum absolute atomic E-state index is 0.0391. The zero-order chi connectivity index (χ0) is 15.2. The molecule has 21 heavy (non-hydrogen) atoms. The first kappa shape index (κ1) is 15.8. The van der Waals surface area contributed by atoms with E-state index in [4.69, 9.17) is 10.2 Å². The normalized spacial score (nSPS) is 14.3. The summed E-state index contributed by atoms with van der Waals surface area (Å²) in [6.45, 7) is 5.01. The second-order valence-corrected chi connectivity index (χ2v) is 5.82. The van der Waals surface area contributed by atoms with Crippen molar-refractivity contribution in [3.05, 3.63) is 59.5 Å². The Kier molecular flexibility index (Phi) is 5.59. The molecule has 3 nitrogen and oxygen atoms in total. The Morgan fingerprint density at radius 2 is 1.86 bits per heavy atom. The van der Waals surface area contributed by atoms with Crippen LogP contribution in [0.1, 0.15) is 36.5 Å². The third kappa shape index (κ3) is 4.45. The van der Waals surface area contributed by atoms with Crippen molar-refractivity contribution in [1.29, 1.82) is 0 Å². The molecule has 2 rings (SSSR count). The number of likely N-dealkylation sites (N-methyl/N-ethyl adjacent to an activating group) is 1. The molecule has 2 atom stereocenters. The molecule has 0 saturated carbocycles. The maximum atomic E-state index is 6.16. The van der Waals surface area contributed by atoms with Crippen LogP contribution >= 0.6 is 0 Å². The van der Waals surface area contributed by atoms with E-state index >= 15 is 0 Å². The van der Waals surface area contributed by atoms with Gasteiger partial charge < -0.3 is 10.2 Å². The van der Waals surface area contributed by atoms with Crippen molar-refractivity contribution < 1.29 is 4.42 Å². The molecule has 0 aliphatic carbocycles. The van der Waals surface area contributed by atoms with Crippen LogP contribution in [0.3, 0.4) is 0 Å². The van der Waals surface area contributed by atoms with Crippen LogP contribution < -0.4 is 5.73 Å². The second-order valence-electron chi connectivity index (χ2n) is 5.82. The van der Waals surface area contributed by atoms with Gasteiger partial charge in [0.05, 0.1) is 6.04 Å². The second kappa shape index (κ2) is 7.43. The van der Waals surface area contributed by atoms with Gasteiger partial charge in [-0.15, -0.1) is 0 Å². The summed E-state index contributed by atoms with van der Waals surface area (Å²) < 4.78 is 5.77. The van der Waals surface area contributed by atoms with Crippen LogP contribution in [-0.2, 0) is 6.42 Å². The predicted octanol–water partition coefficient (Wildman–Crippen LogP) is 3.54. The van der Waals surface area contributed by atoms with Gasteiger partial charge in [0.1, 0.15) is 11.5 Å². The van der Waals surface area contributed by atoms with Crippen molar-refractivity contribution in [2.45, 2.75) is 38.8 Å². The molecule has 0 fully saturated rings. The van der Waals surface area contributed by atoms with Gasteiger partial charge in [-0.05, 0) is 58.0 Å². The number of hydrogen-bond acceptors (Lipinski definition) is 3. The Morgan fingerprint density at radius 3 is 2.43 bits per heavy atom. The first-order valence-corrected chi connectivity index (χ1v) is 7.64. The minimum atomic E-state index is 0.0391. The van der Waals surface area contributed by atoms with Crippen molar-refractivity contribution >= 4 is 0 Å². The van der Waals surface area contributed by atoms with E-state index in [0.717, 1.165) is 30.9 Å². The molecule has 0 amide bonds. The largest absolute Gasteiger partial charge is 0.465 e. The van der Waals surface area contributed by atoms with Crippen LogP contribution in [0, 0.1) is 6.92 Å². The van der Waals surface area contributed by atoms with E-state index in [0.29, 0.717) is 0 Å². The van der Waals surface area contributed by atoms with Crippen LogP contribution in [0.4, 0.5) is 0 Å². The Labute approximate surface area is 127 Å². The number of aryl methyl sites for hydroxylation is 2. The lowest BCUT2D eigenvalue weighted by Gasteiger charge is -2.29. The van der Waals surface area contributed by atoms with E-state index in [1.807, 2.05) is 26.0 Å². The maximum absolute atomic E-state index is 6.16. The highest BCUT2D eigenvalue weighted by molar-refractivity contribution is 5.15. The van der Waals surface area contributed by atoms with Gasteiger partial charge in [0.15, 0.2) is 0 Å². The van der Waals surface area contributed by atoms with E-state index in [1.165, 1.54) is 5.56 Å². The molecule has 0 radical (unpaired) electrons. The van der Waals surface area contributed by atoms with E-state index in [-0.39, 0.29) is 12.1 Å². The molecule has 0 spiro atoms. The van der Waals surface area contributed by atoms with Crippen LogP contribution in [0.2, 0.25) is 0 Å². The lowest BCUT2D eigenvalue weighted by molar-refractivity contribution is 0.188. The van der Waals surface area contributed by atoms with E-state index in [2.05, 4.69) is 42.3 Å². The molecular formula is C18H26N2O. The Morgan fingerprint density at radius 1 is 1.14 bits per heavy atom. The molecule has 114 valence electrons. The summed E-state index contributed by atoms with van der Waals surface area (Å²) in [7, 11) is 2.12. The van der Waals surface area contributed by atoms with Crippen molar-refractivity contribution in [3.8, 4) is 0 Å². The van der Waals surface area contributed by atoms with Gasteiger partial charge in [-0.1, -0.05) is 30.3 Å². The highest BCUT2D eigenvalue weighted by atomic mass is 16.3. The lowest BCUT2D eigenvalue weighted by atomic mass is 10.1. The van der Waals surface area contributed by atoms with Crippen molar-refractivity contribution in [2.75, 3.05) is 13.6 Å². The predicted molar refractivity (Wildman–Crippen MR) is 87.2 cm³/mol. The highest BCUT2D eigenvalue weighted by Gasteiger charge is 2.23. The Balaban J connectivity index is 1.92. The third-order valence-electron chi connectivity index (χ3n) is 3.84. The Bertz CT molecular complexity index is 533. The first-order valence-electron chi connectivity index (χ1n) is 7.64. The number of furan rings is 1. The van der Waals surface area contributed by atoms with Crippen LogP contribution in [0.25, 0.3) is 0 Å². The average Bonchev–Trinajstić information content (AvgIpc) is 2.86. The fraction of sp³-hybridized carbons (Fsp3) is 0.444. The summed E-state index contributed by atoms with van der Waals surface area (Å²) in [4.78, 5) is 2.30. The molecule has 2 aromatic rings. The molecule has 3 heteroatoms. The van der Waals surface area contributed by atoms with Gasteiger partial charge in [0.2, 0.25) is 0 Å². The maximum Gasteiger partial charge on any atom is 0.122 e. The number of nitrogens with two attached hydrogens (primary N) is 1. The van der Waals surface area contributed by atoms with Crippen molar-refractivity contribution in [3.63, 3.8) is 0 Å². The van der Waals surface area contributed by atoms with Crippen LogP contribution in [-0.4, -0.2) is 24.5 Å². The van der Waals surface area contributed by atoms with Gasteiger partial charge in [0.25, 0.3) is 0 Å². The summed E-state index contributed by atoms with van der Waals surface area (Å²) >= 11 is 0. The number of benzene rings is 1.